The fourth-order valence-electron chi connectivity index (χ4n) is 2.67. The van der Waals surface area contributed by atoms with Gasteiger partial charge in [0.1, 0.15) is 11.8 Å². The van der Waals surface area contributed by atoms with Crippen LogP contribution in [0.25, 0.3) is 0 Å². The molecule has 5 nitrogen and oxygen atoms in total. The predicted molar refractivity (Wildman–Crippen MR) is 72.3 cm³/mol. The predicted octanol–water partition coefficient (Wildman–Crippen LogP) is 2.71. The number of rotatable bonds is 4. The Morgan fingerprint density at radius 1 is 1.53 bits per heavy atom. The molecule has 1 aromatic rings. The Bertz CT molecular complexity index is 462. The van der Waals surface area contributed by atoms with E-state index in [-0.39, 0.29) is 23.2 Å². The van der Waals surface area contributed by atoms with Crippen molar-refractivity contribution in [3.05, 3.63) is 17.8 Å². The molecule has 0 amide bonds. The molecule has 3 N–H and O–H groups in total. The molecule has 1 heterocycles. The van der Waals surface area contributed by atoms with Gasteiger partial charge in [-0.25, -0.2) is 9.78 Å². The van der Waals surface area contributed by atoms with Crippen LogP contribution in [0.5, 0.6) is 5.88 Å². The second kappa shape index (κ2) is 5.91. The third-order valence-electron chi connectivity index (χ3n) is 3.81. The van der Waals surface area contributed by atoms with Gasteiger partial charge in [-0.2, -0.15) is 0 Å². The molecule has 0 aromatic carbocycles. The molecule has 0 spiro atoms. The van der Waals surface area contributed by atoms with Crippen LogP contribution < -0.4 is 10.5 Å². The van der Waals surface area contributed by atoms with Crippen LogP contribution >= 0.6 is 0 Å². The number of carbonyl (C=O) groups is 1. The van der Waals surface area contributed by atoms with Crippen molar-refractivity contribution in [2.75, 3.05) is 5.73 Å². The maximum atomic E-state index is 11.0. The first-order valence-corrected chi connectivity index (χ1v) is 6.78. The number of aromatic nitrogens is 1. The van der Waals surface area contributed by atoms with Crippen LogP contribution in [0.1, 0.15) is 49.4 Å². The zero-order valence-electron chi connectivity index (χ0n) is 11.1. The molecule has 0 saturated heterocycles. The van der Waals surface area contributed by atoms with Gasteiger partial charge >= 0.3 is 5.97 Å². The van der Waals surface area contributed by atoms with Crippen LogP contribution in [0, 0.1) is 5.92 Å². The number of ether oxygens (including phenoxy) is 1. The third-order valence-corrected chi connectivity index (χ3v) is 3.81. The van der Waals surface area contributed by atoms with E-state index >= 15 is 0 Å². The fraction of sp³-hybridized carbons (Fsp3) is 0.571. The lowest BCUT2D eigenvalue weighted by Crippen LogP contribution is -2.30. The lowest BCUT2D eigenvalue weighted by atomic mass is 9.85. The quantitative estimate of drug-likeness (QED) is 0.873. The topological polar surface area (TPSA) is 85.4 Å². The highest BCUT2D eigenvalue weighted by molar-refractivity contribution is 5.94. The zero-order chi connectivity index (χ0) is 13.8. The van der Waals surface area contributed by atoms with Crippen molar-refractivity contribution >= 4 is 11.7 Å². The van der Waals surface area contributed by atoms with Crippen LogP contribution in [-0.4, -0.2) is 22.2 Å². The van der Waals surface area contributed by atoms with Gasteiger partial charge in [0, 0.05) is 6.20 Å². The first kappa shape index (κ1) is 13.6. The lowest BCUT2D eigenvalue weighted by molar-refractivity contribution is 0.0693. The Morgan fingerprint density at radius 2 is 2.26 bits per heavy atom. The van der Waals surface area contributed by atoms with Crippen molar-refractivity contribution in [1.82, 2.24) is 4.98 Å². The molecule has 1 aliphatic rings. The van der Waals surface area contributed by atoms with Crippen LogP contribution in [0.3, 0.4) is 0 Å². The zero-order valence-corrected chi connectivity index (χ0v) is 11.1. The number of nitrogens with two attached hydrogens (primary N) is 1. The molecule has 1 fully saturated rings. The molecular formula is C14H20N2O3. The molecule has 1 saturated carbocycles. The molecule has 19 heavy (non-hydrogen) atoms. The maximum Gasteiger partial charge on any atom is 0.338 e. The molecule has 5 heteroatoms. The van der Waals surface area contributed by atoms with Crippen molar-refractivity contribution in [3.63, 3.8) is 0 Å². The molecule has 2 rings (SSSR count). The standard InChI is InChI=1S/C14H20N2O3/c1-2-9-5-3-4-6-11(9)19-13-12(15)10(14(17)18)7-8-16-13/h7-9,11H,2-6,15H2,1H3,(H,17,18). The smallest absolute Gasteiger partial charge is 0.338 e. The minimum Gasteiger partial charge on any atom is -0.478 e. The molecular weight excluding hydrogens is 244 g/mol. The average molecular weight is 264 g/mol. The SMILES string of the molecule is CCC1CCCCC1Oc1nccc(C(=O)O)c1N. The monoisotopic (exact) mass is 264 g/mol. The van der Waals surface area contributed by atoms with Gasteiger partial charge in [-0.05, 0) is 37.7 Å². The summed E-state index contributed by atoms with van der Waals surface area (Å²) in [5, 5.41) is 9.03. The molecule has 0 radical (unpaired) electrons. The molecule has 1 aromatic heterocycles. The number of aromatic carboxylic acids is 1. The van der Waals surface area contributed by atoms with Gasteiger partial charge in [0.2, 0.25) is 5.88 Å². The summed E-state index contributed by atoms with van der Waals surface area (Å²) in [6, 6.07) is 1.39. The summed E-state index contributed by atoms with van der Waals surface area (Å²) in [6.45, 7) is 2.15. The number of hydrogen-bond donors (Lipinski definition) is 2. The van der Waals surface area contributed by atoms with Gasteiger partial charge in [0.05, 0.1) is 5.56 Å². The highest BCUT2D eigenvalue weighted by Crippen LogP contribution is 2.32. The molecule has 1 aliphatic carbocycles. The maximum absolute atomic E-state index is 11.0. The number of carboxylic acids is 1. The Morgan fingerprint density at radius 3 is 2.95 bits per heavy atom. The number of anilines is 1. The number of pyridine rings is 1. The largest absolute Gasteiger partial charge is 0.478 e. The second-order valence-corrected chi connectivity index (χ2v) is 4.99. The fourth-order valence-corrected chi connectivity index (χ4v) is 2.67. The Labute approximate surface area is 112 Å². The van der Waals surface area contributed by atoms with Crippen LogP contribution in [0.4, 0.5) is 5.69 Å². The van der Waals surface area contributed by atoms with Gasteiger partial charge in [-0.15, -0.1) is 0 Å². The number of carboxylic acid groups (broad SMARTS) is 1. The van der Waals surface area contributed by atoms with Crippen LogP contribution in [0.2, 0.25) is 0 Å². The summed E-state index contributed by atoms with van der Waals surface area (Å²) in [6.07, 6.45) is 7.09. The minimum absolute atomic E-state index is 0.0499. The third kappa shape index (κ3) is 2.97. The summed E-state index contributed by atoms with van der Waals surface area (Å²) < 4.78 is 5.88. The lowest BCUT2D eigenvalue weighted by Gasteiger charge is -2.31. The van der Waals surface area contributed by atoms with E-state index in [1.165, 1.54) is 18.7 Å². The first-order chi connectivity index (χ1) is 9.13. The second-order valence-electron chi connectivity index (χ2n) is 4.99. The molecule has 0 bridgehead atoms. The molecule has 0 aliphatic heterocycles. The summed E-state index contributed by atoms with van der Waals surface area (Å²) >= 11 is 0. The summed E-state index contributed by atoms with van der Waals surface area (Å²) in [5.41, 5.74) is 5.99. The van der Waals surface area contributed by atoms with Gasteiger partial charge < -0.3 is 15.6 Å². The molecule has 2 unspecified atom stereocenters. The first-order valence-electron chi connectivity index (χ1n) is 6.78. The Hall–Kier alpha value is -1.78. The van der Waals surface area contributed by atoms with Gasteiger partial charge in [0.15, 0.2) is 0 Å². The Kier molecular flexibility index (Phi) is 4.24. The summed E-state index contributed by atoms with van der Waals surface area (Å²) in [4.78, 5) is 15.1. The van der Waals surface area contributed by atoms with E-state index < -0.39 is 5.97 Å². The van der Waals surface area contributed by atoms with Crippen molar-refractivity contribution in [3.8, 4) is 5.88 Å². The van der Waals surface area contributed by atoms with E-state index in [1.807, 2.05) is 0 Å². The molecule has 104 valence electrons. The number of nitrogen functional groups attached to an aromatic ring is 1. The number of hydrogen-bond acceptors (Lipinski definition) is 4. The van der Waals surface area contributed by atoms with Crippen molar-refractivity contribution < 1.29 is 14.6 Å². The normalized spacial score (nSPS) is 23.0. The van der Waals surface area contributed by atoms with E-state index in [0.29, 0.717) is 5.92 Å². The van der Waals surface area contributed by atoms with Crippen molar-refractivity contribution in [2.45, 2.75) is 45.1 Å². The van der Waals surface area contributed by atoms with E-state index in [9.17, 15) is 4.79 Å². The minimum atomic E-state index is -1.06. The Balaban J connectivity index is 2.18. The van der Waals surface area contributed by atoms with Gasteiger partial charge in [-0.3, -0.25) is 0 Å². The van der Waals surface area contributed by atoms with E-state index in [2.05, 4.69) is 11.9 Å². The van der Waals surface area contributed by atoms with E-state index in [0.717, 1.165) is 25.7 Å². The van der Waals surface area contributed by atoms with Gasteiger partial charge in [0.25, 0.3) is 0 Å². The van der Waals surface area contributed by atoms with Crippen molar-refractivity contribution in [2.24, 2.45) is 5.92 Å². The summed E-state index contributed by atoms with van der Waals surface area (Å²) in [5.74, 6) is -0.297. The van der Waals surface area contributed by atoms with Crippen LogP contribution in [0.15, 0.2) is 12.3 Å². The van der Waals surface area contributed by atoms with Crippen LogP contribution in [-0.2, 0) is 0 Å². The van der Waals surface area contributed by atoms with Gasteiger partial charge in [-0.1, -0.05) is 13.3 Å². The highest BCUT2D eigenvalue weighted by atomic mass is 16.5. The average Bonchev–Trinajstić information content (AvgIpc) is 2.41. The van der Waals surface area contributed by atoms with E-state index in [4.69, 9.17) is 15.6 Å². The number of nitrogens with zero attached hydrogens (tertiary/aromatic N) is 1. The molecule has 2 atom stereocenters. The van der Waals surface area contributed by atoms with E-state index in [1.54, 1.807) is 0 Å². The summed E-state index contributed by atoms with van der Waals surface area (Å²) in [7, 11) is 0. The van der Waals surface area contributed by atoms with Crippen molar-refractivity contribution in [1.29, 1.82) is 0 Å². The highest BCUT2D eigenvalue weighted by Gasteiger charge is 2.27.